The summed E-state index contributed by atoms with van der Waals surface area (Å²) in [6.45, 7) is 0.320. The lowest BCUT2D eigenvalue weighted by atomic mass is 9.96. The minimum atomic E-state index is -1.24. The number of halogens is 1. The van der Waals surface area contributed by atoms with Crippen LogP contribution >= 0.6 is 0 Å². The molecule has 1 aromatic heterocycles. The molecule has 8 heteroatoms. The number of amides is 1. The number of carbonyl (C=O) groups is 1. The van der Waals surface area contributed by atoms with E-state index in [1.54, 1.807) is 0 Å². The first-order valence-electron chi connectivity index (χ1n) is 5.88. The number of anilines is 1. The highest BCUT2D eigenvalue weighted by Crippen LogP contribution is 2.23. The van der Waals surface area contributed by atoms with Crippen molar-refractivity contribution < 1.29 is 19.0 Å². The van der Waals surface area contributed by atoms with E-state index in [4.69, 9.17) is 15.6 Å². The predicted octanol–water partition coefficient (Wildman–Crippen LogP) is 0.776. The number of nitrogens with zero attached hydrogens (tertiary/aromatic N) is 3. The van der Waals surface area contributed by atoms with Gasteiger partial charge in [-0.3, -0.25) is 0 Å². The molecule has 0 saturated carbocycles. The van der Waals surface area contributed by atoms with Gasteiger partial charge in [0.1, 0.15) is 12.5 Å². The standard InChI is InChI=1S/C11H15FN4O3/c12-8-4-16(11(17)18)2-1-7(8)5-19-9-3-14-6-15-10(9)13/h3,6-8H,1-2,4-5H2,(H,17,18)(H2,13,14,15)/t7-,8+/m0/s1. The van der Waals surface area contributed by atoms with Crippen molar-refractivity contribution in [1.82, 2.24) is 14.9 Å². The molecule has 2 heterocycles. The average molecular weight is 270 g/mol. The highest BCUT2D eigenvalue weighted by atomic mass is 19.1. The lowest BCUT2D eigenvalue weighted by Gasteiger charge is -2.32. The number of ether oxygens (including phenoxy) is 1. The van der Waals surface area contributed by atoms with Gasteiger partial charge in [0.2, 0.25) is 0 Å². The third-order valence-electron chi connectivity index (χ3n) is 3.11. The summed E-state index contributed by atoms with van der Waals surface area (Å²) in [7, 11) is 0. The van der Waals surface area contributed by atoms with Gasteiger partial charge in [0, 0.05) is 12.5 Å². The number of piperidine rings is 1. The monoisotopic (exact) mass is 270 g/mol. The van der Waals surface area contributed by atoms with Crippen molar-refractivity contribution >= 4 is 11.9 Å². The van der Waals surface area contributed by atoms with Crippen molar-refractivity contribution in [3.63, 3.8) is 0 Å². The number of hydrogen-bond donors (Lipinski definition) is 2. The van der Waals surface area contributed by atoms with Crippen LogP contribution in [0.15, 0.2) is 12.5 Å². The Kier molecular flexibility index (Phi) is 3.98. The Morgan fingerprint density at radius 2 is 2.47 bits per heavy atom. The fourth-order valence-corrected chi connectivity index (χ4v) is 1.95. The molecule has 1 amide bonds. The van der Waals surface area contributed by atoms with Crippen LogP contribution in [0.25, 0.3) is 0 Å². The normalized spacial score (nSPS) is 23.1. The second-order valence-electron chi connectivity index (χ2n) is 4.38. The summed E-state index contributed by atoms with van der Waals surface area (Å²) in [5.41, 5.74) is 5.58. The van der Waals surface area contributed by atoms with Crippen molar-refractivity contribution in [2.75, 3.05) is 25.4 Å². The van der Waals surface area contributed by atoms with Gasteiger partial charge in [0.05, 0.1) is 19.3 Å². The van der Waals surface area contributed by atoms with Crippen LogP contribution < -0.4 is 10.5 Å². The molecule has 1 aliphatic heterocycles. The minimum Gasteiger partial charge on any atom is -0.488 e. The van der Waals surface area contributed by atoms with Crippen molar-refractivity contribution in [1.29, 1.82) is 0 Å². The fraction of sp³-hybridized carbons (Fsp3) is 0.545. The highest BCUT2D eigenvalue weighted by molar-refractivity contribution is 5.65. The Morgan fingerprint density at radius 1 is 1.68 bits per heavy atom. The van der Waals surface area contributed by atoms with Gasteiger partial charge in [-0.05, 0) is 6.42 Å². The van der Waals surface area contributed by atoms with Crippen LogP contribution in [0, 0.1) is 5.92 Å². The van der Waals surface area contributed by atoms with E-state index in [0.29, 0.717) is 18.7 Å². The number of carboxylic acid groups (broad SMARTS) is 1. The quantitative estimate of drug-likeness (QED) is 0.841. The number of hydrogen-bond acceptors (Lipinski definition) is 5. The molecular weight excluding hydrogens is 255 g/mol. The van der Waals surface area contributed by atoms with Gasteiger partial charge in [-0.2, -0.15) is 0 Å². The Hall–Kier alpha value is -2.12. The minimum absolute atomic E-state index is 0.121. The van der Waals surface area contributed by atoms with Gasteiger partial charge in [-0.25, -0.2) is 19.2 Å². The maximum atomic E-state index is 13.8. The number of rotatable bonds is 3. The van der Waals surface area contributed by atoms with Crippen LogP contribution in [0.1, 0.15) is 6.42 Å². The van der Waals surface area contributed by atoms with E-state index in [-0.39, 0.29) is 24.9 Å². The number of nitrogens with two attached hydrogens (primary N) is 1. The Bertz CT molecular complexity index is 459. The maximum Gasteiger partial charge on any atom is 0.407 e. The summed E-state index contributed by atoms with van der Waals surface area (Å²) in [5.74, 6) is 0.166. The van der Waals surface area contributed by atoms with E-state index in [1.807, 2.05) is 0 Å². The van der Waals surface area contributed by atoms with Gasteiger partial charge in [-0.1, -0.05) is 0 Å². The molecule has 0 bridgehead atoms. The van der Waals surface area contributed by atoms with Crippen LogP contribution in [0.3, 0.4) is 0 Å². The van der Waals surface area contributed by atoms with Crippen LogP contribution in [-0.4, -0.2) is 51.9 Å². The Labute approximate surface area is 109 Å². The first-order chi connectivity index (χ1) is 9.08. The molecule has 1 saturated heterocycles. The summed E-state index contributed by atoms with van der Waals surface area (Å²) < 4.78 is 19.2. The third kappa shape index (κ3) is 3.21. The second-order valence-corrected chi connectivity index (χ2v) is 4.38. The molecule has 1 fully saturated rings. The number of aromatic nitrogens is 2. The van der Waals surface area contributed by atoms with Gasteiger partial charge >= 0.3 is 6.09 Å². The molecule has 1 aliphatic rings. The topological polar surface area (TPSA) is 102 Å². The lowest BCUT2D eigenvalue weighted by molar-refractivity contribution is 0.0551. The summed E-state index contributed by atoms with van der Waals surface area (Å²) >= 11 is 0. The molecule has 0 unspecified atom stereocenters. The van der Waals surface area contributed by atoms with Gasteiger partial charge in [0.25, 0.3) is 0 Å². The van der Waals surface area contributed by atoms with Gasteiger partial charge < -0.3 is 20.5 Å². The smallest absolute Gasteiger partial charge is 0.407 e. The summed E-state index contributed by atoms with van der Waals surface area (Å²) in [4.78, 5) is 19.3. The van der Waals surface area contributed by atoms with Crippen LogP contribution in [0.2, 0.25) is 0 Å². The lowest BCUT2D eigenvalue weighted by Crippen LogP contribution is -2.45. The Morgan fingerprint density at radius 3 is 3.11 bits per heavy atom. The average Bonchev–Trinajstić information content (AvgIpc) is 2.39. The molecule has 0 spiro atoms. The predicted molar refractivity (Wildman–Crippen MR) is 64.5 cm³/mol. The van der Waals surface area contributed by atoms with Crippen molar-refractivity contribution in [3.05, 3.63) is 12.5 Å². The van der Waals surface area contributed by atoms with Gasteiger partial charge in [0.15, 0.2) is 11.6 Å². The number of likely N-dealkylation sites (tertiary alicyclic amines) is 1. The zero-order chi connectivity index (χ0) is 13.8. The number of alkyl halides is 1. The first-order valence-corrected chi connectivity index (χ1v) is 5.88. The summed E-state index contributed by atoms with van der Waals surface area (Å²) in [6, 6.07) is 0. The van der Waals surface area contributed by atoms with E-state index >= 15 is 0 Å². The fourth-order valence-electron chi connectivity index (χ4n) is 1.95. The zero-order valence-electron chi connectivity index (χ0n) is 10.2. The molecular formula is C11H15FN4O3. The first kappa shape index (κ1) is 13.3. The van der Waals surface area contributed by atoms with Crippen molar-refractivity contribution in [3.8, 4) is 5.75 Å². The van der Waals surface area contributed by atoms with Crippen molar-refractivity contribution in [2.45, 2.75) is 12.6 Å². The SMILES string of the molecule is Nc1ncncc1OC[C@@H]1CCN(C(=O)O)C[C@H]1F. The molecule has 0 aromatic carbocycles. The van der Waals surface area contributed by atoms with E-state index in [2.05, 4.69) is 9.97 Å². The molecule has 19 heavy (non-hydrogen) atoms. The van der Waals surface area contributed by atoms with Crippen LogP contribution in [0.4, 0.5) is 15.0 Å². The van der Waals surface area contributed by atoms with Gasteiger partial charge in [-0.15, -0.1) is 0 Å². The third-order valence-corrected chi connectivity index (χ3v) is 3.11. The molecule has 2 rings (SSSR count). The highest BCUT2D eigenvalue weighted by Gasteiger charge is 2.32. The van der Waals surface area contributed by atoms with E-state index in [0.717, 1.165) is 4.90 Å². The largest absolute Gasteiger partial charge is 0.488 e. The van der Waals surface area contributed by atoms with Crippen LogP contribution in [0.5, 0.6) is 5.75 Å². The Balaban J connectivity index is 1.88. The van der Waals surface area contributed by atoms with E-state index < -0.39 is 12.3 Å². The van der Waals surface area contributed by atoms with Crippen molar-refractivity contribution in [2.24, 2.45) is 5.92 Å². The second kappa shape index (κ2) is 5.68. The molecule has 2 atom stereocenters. The van der Waals surface area contributed by atoms with Crippen LogP contribution in [-0.2, 0) is 0 Å². The molecule has 0 radical (unpaired) electrons. The summed E-state index contributed by atoms with van der Waals surface area (Å²) in [6.07, 6.45) is 0.799. The summed E-state index contributed by atoms with van der Waals surface area (Å²) in [5, 5.41) is 8.78. The molecule has 3 N–H and O–H groups in total. The van der Waals surface area contributed by atoms with E-state index in [1.165, 1.54) is 12.5 Å². The molecule has 0 aliphatic carbocycles. The molecule has 7 nitrogen and oxygen atoms in total. The molecule has 1 aromatic rings. The number of nitrogen functional groups attached to an aromatic ring is 1. The van der Waals surface area contributed by atoms with E-state index in [9.17, 15) is 9.18 Å². The maximum absolute atomic E-state index is 13.8. The zero-order valence-corrected chi connectivity index (χ0v) is 10.2. The molecule has 104 valence electrons.